The first-order valence-corrected chi connectivity index (χ1v) is 10.7. The smallest absolute Gasteiger partial charge is 0.246 e. The van der Waals surface area contributed by atoms with Crippen molar-refractivity contribution < 1.29 is 4.79 Å². The summed E-state index contributed by atoms with van der Waals surface area (Å²) in [7, 11) is 0. The molecule has 1 aliphatic heterocycles. The first kappa shape index (κ1) is 18.4. The molecule has 1 atom stereocenters. The van der Waals surface area contributed by atoms with Gasteiger partial charge in [-0.15, -0.1) is 22.7 Å². The zero-order valence-electron chi connectivity index (χ0n) is 15.2. The normalized spacial score (nSPS) is 16.3. The van der Waals surface area contributed by atoms with Crippen molar-refractivity contribution in [1.82, 2.24) is 9.88 Å². The summed E-state index contributed by atoms with van der Waals surface area (Å²) in [6, 6.07) is 10.5. The van der Waals surface area contributed by atoms with Gasteiger partial charge in [0.1, 0.15) is 0 Å². The second-order valence-corrected chi connectivity index (χ2v) is 9.61. The number of aryl methyl sites for hydroxylation is 2. The van der Waals surface area contributed by atoms with E-state index in [4.69, 9.17) is 11.6 Å². The Morgan fingerprint density at radius 2 is 2.07 bits per heavy atom. The van der Waals surface area contributed by atoms with E-state index in [1.807, 2.05) is 11.8 Å². The molecule has 0 N–H and O–H groups in total. The number of carbonyl (C=O) groups is 1. The zero-order chi connectivity index (χ0) is 19.1. The second-order valence-electron chi connectivity index (χ2n) is 6.64. The molecule has 0 radical (unpaired) electrons. The maximum atomic E-state index is 12.3. The van der Waals surface area contributed by atoms with E-state index in [2.05, 4.69) is 48.8 Å². The van der Waals surface area contributed by atoms with Gasteiger partial charge in [0.2, 0.25) is 5.91 Å². The molecule has 6 heteroatoms. The quantitative estimate of drug-likeness (QED) is 0.507. The van der Waals surface area contributed by atoms with Gasteiger partial charge in [-0.25, -0.2) is 4.98 Å². The minimum absolute atomic E-state index is 0.0440. The molecule has 3 aromatic rings. The summed E-state index contributed by atoms with van der Waals surface area (Å²) < 4.78 is 0.764. The predicted octanol–water partition coefficient (Wildman–Crippen LogP) is 5.80. The summed E-state index contributed by atoms with van der Waals surface area (Å²) in [5.74, 6) is 0.0388. The third kappa shape index (κ3) is 3.35. The van der Waals surface area contributed by atoms with Crippen molar-refractivity contribution >= 4 is 40.2 Å². The number of nitrogens with zero attached hydrogens (tertiary/aromatic N) is 2. The van der Waals surface area contributed by atoms with Crippen LogP contribution in [0.2, 0.25) is 4.34 Å². The van der Waals surface area contributed by atoms with Crippen molar-refractivity contribution in [3.8, 4) is 10.4 Å². The van der Waals surface area contributed by atoms with Crippen LogP contribution in [0.25, 0.3) is 10.4 Å². The van der Waals surface area contributed by atoms with Crippen molar-refractivity contribution in [2.45, 2.75) is 26.3 Å². The monoisotopic (exact) mass is 414 g/mol. The highest BCUT2D eigenvalue weighted by molar-refractivity contribution is 7.16. The Morgan fingerprint density at radius 3 is 2.78 bits per heavy atom. The van der Waals surface area contributed by atoms with E-state index in [9.17, 15) is 4.79 Å². The van der Waals surface area contributed by atoms with Gasteiger partial charge >= 0.3 is 0 Å². The van der Waals surface area contributed by atoms with Crippen molar-refractivity contribution in [3.05, 3.63) is 74.0 Å². The number of carbonyl (C=O) groups excluding carboxylic acids is 1. The van der Waals surface area contributed by atoms with Gasteiger partial charge in [-0.1, -0.05) is 42.4 Å². The van der Waals surface area contributed by atoms with Crippen molar-refractivity contribution in [1.29, 1.82) is 0 Å². The van der Waals surface area contributed by atoms with Crippen LogP contribution in [0.15, 0.2) is 43.0 Å². The highest BCUT2D eigenvalue weighted by Crippen LogP contribution is 2.44. The SMILES string of the molecule is C=CC(=O)N1Cc2sc(Cl)cc2[C@@H](c2ccccc2-c2sc(C)nc2C)C1. The van der Waals surface area contributed by atoms with Gasteiger partial charge in [-0.05, 0) is 42.7 Å². The van der Waals surface area contributed by atoms with Crippen LogP contribution < -0.4 is 0 Å². The molecule has 1 aliphatic rings. The van der Waals surface area contributed by atoms with E-state index < -0.39 is 0 Å². The van der Waals surface area contributed by atoms with Gasteiger partial charge in [0.15, 0.2) is 0 Å². The second kappa shape index (κ2) is 7.23. The Hall–Kier alpha value is -1.95. The van der Waals surface area contributed by atoms with Crippen LogP contribution in [0.1, 0.15) is 32.6 Å². The zero-order valence-corrected chi connectivity index (χ0v) is 17.5. The largest absolute Gasteiger partial charge is 0.333 e. The molecule has 4 rings (SSSR count). The Bertz CT molecular complexity index is 1040. The Labute approximate surface area is 171 Å². The minimum Gasteiger partial charge on any atom is -0.333 e. The lowest BCUT2D eigenvalue weighted by atomic mass is 9.85. The van der Waals surface area contributed by atoms with E-state index in [1.54, 1.807) is 22.7 Å². The standard InChI is InChI=1S/C21H19ClN2OS2/c1-4-20(25)24-10-17(16-9-19(22)27-18(16)11-24)14-7-5-6-8-15(14)21-12(2)23-13(3)26-21/h4-9,17H,1,10-11H2,2-3H3/t17-/m1/s1. The third-order valence-corrected chi connectivity index (χ3v) is 7.27. The number of rotatable bonds is 3. The Morgan fingerprint density at radius 1 is 1.30 bits per heavy atom. The third-order valence-electron chi connectivity index (χ3n) is 4.90. The van der Waals surface area contributed by atoms with Crippen LogP contribution in [0.3, 0.4) is 0 Å². The molecule has 3 nitrogen and oxygen atoms in total. The molecular formula is C21H19ClN2OS2. The number of hydrogen-bond acceptors (Lipinski definition) is 4. The highest BCUT2D eigenvalue weighted by atomic mass is 35.5. The van der Waals surface area contributed by atoms with Crippen LogP contribution in [0.4, 0.5) is 0 Å². The maximum Gasteiger partial charge on any atom is 0.246 e. The molecule has 0 unspecified atom stereocenters. The molecule has 0 spiro atoms. The number of aromatic nitrogens is 1. The lowest BCUT2D eigenvalue weighted by Gasteiger charge is -2.33. The van der Waals surface area contributed by atoms with Gasteiger partial charge in [-0.2, -0.15) is 0 Å². The number of thiazole rings is 1. The first-order valence-electron chi connectivity index (χ1n) is 8.70. The van der Waals surface area contributed by atoms with E-state index >= 15 is 0 Å². The van der Waals surface area contributed by atoms with E-state index in [0.717, 1.165) is 19.9 Å². The Balaban J connectivity index is 1.86. The van der Waals surface area contributed by atoms with E-state index in [0.29, 0.717) is 13.1 Å². The van der Waals surface area contributed by atoms with Gasteiger partial charge in [0.25, 0.3) is 0 Å². The summed E-state index contributed by atoms with van der Waals surface area (Å²) in [5.41, 5.74) is 4.67. The molecule has 1 amide bonds. The molecule has 27 heavy (non-hydrogen) atoms. The van der Waals surface area contributed by atoms with E-state index in [1.165, 1.54) is 27.6 Å². The number of benzene rings is 1. The molecule has 1 aromatic carbocycles. The Kier molecular flexibility index (Phi) is 4.93. The summed E-state index contributed by atoms with van der Waals surface area (Å²) in [6.07, 6.45) is 1.39. The van der Waals surface area contributed by atoms with Crippen LogP contribution >= 0.6 is 34.3 Å². The van der Waals surface area contributed by atoms with Crippen LogP contribution in [-0.4, -0.2) is 22.3 Å². The van der Waals surface area contributed by atoms with Gasteiger partial charge in [0.05, 0.1) is 26.5 Å². The molecule has 0 aliphatic carbocycles. The number of halogens is 1. The minimum atomic E-state index is -0.0440. The first-order chi connectivity index (χ1) is 13.0. The lowest BCUT2D eigenvalue weighted by Crippen LogP contribution is -2.37. The molecule has 0 saturated heterocycles. The van der Waals surface area contributed by atoms with Crippen LogP contribution in [0.5, 0.6) is 0 Å². The average Bonchev–Trinajstić information content (AvgIpc) is 3.20. The molecule has 138 valence electrons. The average molecular weight is 415 g/mol. The summed E-state index contributed by atoms with van der Waals surface area (Å²) in [6.45, 7) is 8.96. The highest BCUT2D eigenvalue weighted by Gasteiger charge is 2.32. The topological polar surface area (TPSA) is 33.2 Å². The number of hydrogen-bond donors (Lipinski definition) is 0. The van der Waals surface area contributed by atoms with Crippen molar-refractivity contribution in [3.63, 3.8) is 0 Å². The maximum absolute atomic E-state index is 12.3. The predicted molar refractivity (Wildman–Crippen MR) is 114 cm³/mol. The molecule has 3 heterocycles. The number of thiophene rings is 1. The summed E-state index contributed by atoms with van der Waals surface area (Å²) in [4.78, 5) is 21.1. The molecule has 0 bridgehead atoms. The van der Waals surface area contributed by atoms with Crippen LogP contribution in [0, 0.1) is 13.8 Å². The molecular weight excluding hydrogens is 396 g/mol. The number of amides is 1. The van der Waals surface area contributed by atoms with E-state index in [-0.39, 0.29) is 11.8 Å². The fourth-order valence-electron chi connectivity index (χ4n) is 3.74. The lowest BCUT2D eigenvalue weighted by molar-refractivity contribution is -0.127. The van der Waals surface area contributed by atoms with Gasteiger partial charge in [0, 0.05) is 17.3 Å². The van der Waals surface area contributed by atoms with Crippen molar-refractivity contribution in [2.24, 2.45) is 0 Å². The summed E-state index contributed by atoms with van der Waals surface area (Å²) >= 11 is 9.61. The summed E-state index contributed by atoms with van der Waals surface area (Å²) in [5, 5.41) is 1.06. The molecule has 0 fully saturated rings. The fraction of sp³-hybridized carbons (Fsp3) is 0.238. The van der Waals surface area contributed by atoms with Crippen LogP contribution in [-0.2, 0) is 11.3 Å². The number of fused-ring (bicyclic) bond motifs is 1. The molecule has 2 aromatic heterocycles. The van der Waals surface area contributed by atoms with Gasteiger partial charge in [-0.3, -0.25) is 4.79 Å². The van der Waals surface area contributed by atoms with Crippen molar-refractivity contribution in [2.75, 3.05) is 6.54 Å². The fourth-order valence-corrected chi connectivity index (χ4v) is 6.06. The molecule has 0 saturated carbocycles. The van der Waals surface area contributed by atoms with Gasteiger partial charge < -0.3 is 4.90 Å².